The third-order valence-electron chi connectivity index (χ3n) is 6.79. The van der Waals surface area contributed by atoms with Crippen LogP contribution in [0.4, 0.5) is 5.69 Å². The van der Waals surface area contributed by atoms with Gasteiger partial charge in [-0.3, -0.25) is 29.3 Å². The van der Waals surface area contributed by atoms with Crippen molar-refractivity contribution in [3.05, 3.63) is 74.8 Å². The Hall–Kier alpha value is -3.59. The van der Waals surface area contributed by atoms with E-state index in [9.17, 15) is 29.3 Å². The van der Waals surface area contributed by atoms with Gasteiger partial charge in [0.25, 0.3) is 23.4 Å². The first-order valence-corrected chi connectivity index (χ1v) is 11.7. The van der Waals surface area contributed by atoms with Crippen molar-refractivity contribution in [2.45, 2.75) is 39.2 Å². The maximum absolute atomic E-state index is 13.6. The number of hydrazine groups is 1. The van der Waals surface area contributed by atoms with Crippen LogP contribution < -0.4 is 0 Å². The van der Waals surface area contributed by atoms with Crippen LogP contribution in [0.15, 0.2) is 48.5 Å². The van der Waals surface area contributed by atoms with E-state index in [1.165, 1.54) is 43.3 Å². The summed E-state index contributed by atoms with van der Waals surface area (Å²) in [6.45, 7) is 3.47. The molecule has 1 saturated heterocycles. The molecule has 1 aliphatic carbocycles. The van der Waals surface area contributed by atoms with Gasteiger partial charge in [-0.15, -0.1) is 0 Å². The molecule has 35 heavy (non-hydrogen) atoms. The van der Waals surface area contributed by atoms with Gasteiger partial charge in [0, 0.05) is 28.3 Å². The highest BCUT2D eigenvalue weighted by atomic mass is 35.5. The number of nitrogens with zero attached hydrogens (tertiary/aromatic N) is 3. The Bertz CT molecular complexity index is 1200. The predicted octanol–water partition coefficient (Wildman–Crippen LogP) is 4.30. The molecule has 182 valence electrons. The number of amides is 3. The zero-order valence-electron chi connectivity index (χ0n) is 19.2. The number of ketones is 1. The molecule has 0 spiro atoms. The fourth-order valence-corrected chi connectivity index (χ4v) is 4.97. The first-order valence-electron chi connectivity index (χ1n) is 11.4. The predicted molar refractivity (Wildman–Crippen MR) is 126 cm³/mol. The second kappa shape index (κ2) is 9.58. The fraction of sp³-hybridized carbons (Fsp3) is 0.360. The maximum atomic E-state index is 13.6. The second-order valence-corrected chi connectivity index (χ2v) is 9.56. The van der Waals surface area contributed by atoms with Gasteiger partial charge in [-0.2, -0.15) is 5.01 Å². The molecular formula is C25H24ClN3O6. The van der Waals surface area contributed by atoms with Gasteiger partial charge in [-0.1, -0.05) is 18.5 Å². The summed E-state index contributed by atoms with van der Waals surface area (Å²) < 4.78 is 0. The van der Waals surface area contributed by atoms with Crippen LogP contribution in [-0.2, 0) is 9.59 Å². The molecule has 9 nitrogen and oxygen atoms in total. The van der Waals surface area contributed by atoms with E-state index >= 15 is 0 Å². The van der Waals surface area contributed by atoms with Crippen LogP contribution in [0.5, 0.6) is 0 Å². The lowest BCUT2D eigenvalue weighted by Crippen LogP contribution is -2.56. The van der Waals surface area contributed by atoms with Crippen LogP contribution >= 0.6 is 11.6 Å². The van der Waals surface area contributed by atoms with E-state index < -0.39 is 46.3 Å². The SMILES string of the molecule is C[C@@H]1CC[C@@H]2C(=O)N(N(C(=O)c3ccc([N+](=O)[O-])cc3)[C@@H](C)C(=O)c3ccc(Cl)cc3)C(=O)[C@H]2C1. The monoisotopic (exact) mass is 497 g/mol. The minimum atomic E-state index is -1.20. The van der Waals surface area contributed by atoms with E-state index in [-0.39, 0.29) is 22.7 Å². The molecule has 10 heteroatoms. The fourth-order valence-electron chi connectivity index (χ4n) is 4.85. The number of rotatable bonds is 6. The number of carbonyl (C=O) groups excluding carboxylic acids is 4. The van der Waals surface area contributed by atoms with E-state index in [1.54, 1.807) is 0 Å². The Morgan fingerprint density at radius 1 is 1.00 bits per heavy atom. The summed E-state index contributed by atoms with van der Waals surface area (Å²) >= 11 is 5.93. The maximum Gasteiger partial charge on any atom is 0.273 e. The molecule has 1 saturated carbocycles. The first kappa shape index (κ1) is 24.5. The molecule has 0 unspecified atom stereocenters. The topological polar surface area (TPSA) is 118 Å². The normalized spacial score (nSPS) is 22.5. The minimum absolute atomic E-state index is 0.00944. The largest absolute Gasteiger partial charge is 0.292 e. The van der Waals surface area contributed by atoms with E-state index in [0.717, 1.165) is 28.6 Å². The summed E-state index contributed by atoms with van der Waals surface area (Å²) in [5.41, 5.74) is 0.0513. The molecule has 4 atom stereocenters. The number of hydrogen-bond donors (Lipinski definition) is 0. The van der Waals surface area contributed by atoms with Crippen molar-refractivity contribution in [3.63, 3.8) is 0 Å². The highest BCUT2D eigenvalue weighted by Gasteiger charge is 2.54. The molecule has 2 aromatic carbocycles. The first-order chi connectivity index (χ1) is 16.6. The zero-order valence-corrected chi connectivity index (χ0v) is 20.0. The van der Waals surface area contributed by atoms with Crippen LogP contribution in [0.25, 0.3) is 0 Å². The molecule has 2 aliphatic rings. The third kappa shape index (κ3) is 4.55. The average Bonchev–Trinajstić information content (AvgIpc) is 3.08. The van der Waals surface area contributed by atoms with Gasteiger partial charge >= 0.3 is 0 Å². The molecule has 0 radical (unpaired) electrons. The van der Waals surface area contributed by atoms with Gasteiger partial charge in [0.05, 0.1) is 16.8 Å². The summed E-state index contributed by atoms with van der Waals surface area (Å²) in [7, 11) is 0. The Labute approximate surface area is 206 Å². The number of carbonyl (C=O) groups is 4. The van der Waals surface area contributed by atoms with E-state index in [0.29, 0.717) is 17.9 Å². The van der Waals surface area contributed by atoms with Crippen molar-refractivity contribution in [2.75, 3.05) is 0 Å². The quantitative estimate of drug-likeness (QED) is 0.254. The van der Waals surface area contributed by atoms with Gasteiger partial charge in [0.15, 0.2) is 5.78 Å². The second-order valence-electron chi connectivity index (χ2n) is 9.12. The standard InChI is InChI=1S/C25H24ClN3O6/c1-14-3-12-20-21(13-14)25(33)28(24(20)32)27(15(2)22(30)16-4-8-18(26)9-5-16)23(31)17-6-10-19(11-7-17)29(34)35/h4-11,14-15,20-21H,3,12-13H2,1-2H3/t14-,15+,20+,21+/m1/s1. The number of benzene rings is 2. The van der Waals surface area contributed by atoms with Crippen LogP contribution in [0.2, 0.25) is 5.02 Å². The molecule has 2 fully saturated rings. The van der Waals surface area contributed by atoms with E-state index in [2.05, 4.69) is 0 Å². The summed E-state index contributed by atoms with van der Waals surface area (Å²) in [5.74, 6) is -3.08. The van der Waals surface area contributed by atoms with Crippen molar-refractivity contribution in [1.29, 1.82) is 0 Å². The van der Waals surface area contributed by atoms with Crippen LogP contribution in [0.1, 0.15) is 53.8 Å². The lowest BCUT2D eigenvalue weighted by Gasteiger charge is -2.34. The lowest BCUT2D eigenvalue weighted by atomic mass is 9.76. The van der Waals surface area contributed by atoms with Gasteiger partial charge in [-0.05, 0) is 68.5 Å². The molecular weight excluding hydrogens is 474 g/mol. The smallest absolute Gasteiger partial charge is 0.273 e. The Kier molecular flexibility index (Phi) is 6.71. The molecule has 1 heterocycles. The Balaban J connectivity index is 1.74. The summed E-state index contributed by atoms with van der Waals surface area (Å²) in [6, 6.07) is 9.68. The molecule has 2 aromatic rings. The van der Waals surface area contributed by atoms with Crippen molar-refractivity contribution in [2.24, 2.45) is 17.8 Å². The van der Waals surface area contributed by atoms with Gasteiger partial charge in [0.2, 0.25) is 0 Å². The average molecular weight is 498 g/mol. The number of Topliss-reactive ketones (excluding diaryl/α,β-unsaturated/α-hetero) is 1. The van der Waals surface area contributed by atoms with Crippen LogP contribution in [0.3, 0.4) is 0 Å². The number of nitro groups is 1. The van der Waals surface area contributed by atoms with Gasteiger partial charge in [0.1, 0.15) is 6.04 Å². The highest BCUT2D eigenvalue weighted by Crippen LogP contribution is 2.41. The lowest BCUT2D eigenvalue weighted by molar-refractivity contribution is -0.384. The molecule has 3 amide bonds. The van der Waals surface area contributed by atoms with Gasteiger partial charge < -0.3 is 0 Å². The van der Waals surface area contributed by atoms with Crippen LogP contribution in [-0.4, -0.2) is 44.5 Å². The third-order valence-corrected chi connectivity index (χ3v) is 7.04. The number of halogens is 1. The number of fused-ring (bicyclic) bond motifs is 1. The highest BCUT2D eigenvalue weighted by molar-refractivity contribution is 6.30. The number of non-ortho nitro benzene ring substituents is 1. The summed E-state index contributed by atoms with van der Waals surface area (Å²) in [4.78, 5) is 64.2. The Morgan fingerprint density at radius 3 is 2.17 bits per heavy atom. The van der Waals surface area contributed by atoms with E-state index in [4.69, 9.17) is 11.6 Å². The van der Waals surface area contributed by atoms with Crippen molar-refractivity contribution in [3.8, 4) is 0 Å². The molecule has 0 N–H and O–H groups in total. The number of hydrogen-bond acceptors (Lipinski definition) is 6. The Morgan fingerprint density at radius 2 is 1.57 bits per heavy atom. The van der Waals surface area contributed by atoms with Crippen molar-refractivity contribution >= 4 is 40.8 Å². The summed E-state index contributed by atoms with van der Waals surface area (Å²) in [5, 5.41) is 13.2. The van der Waals surface area contributed by atoms with Crippen LogP contribution in [0, 0.1) is 27.9 Å². The van der Waals surface area contributed by atoms with Crippen molar-refractivity contribution < 1.29 is 24.1 Å². The summed E-state index contributed by atoms with van der Waals surface area (Å²) in [6.07, 6.45) is 1.86. The molecule has 0 bridgehead atoms. The van der Waals surface area contributed by atoms with Gasteiger partial charge in [-0.25, -0.2) is 5.01 Å². The molecule has 0 aromatic heterocycles. The molecule has 4 rings (SSSR count). The van der Waals surface area contributed by atoms with Crippen molar-refractivity contribution in [1.82, 2.24) is 10.0 Å². The zero-order chi connectivity index (χ0) is 25.4. The minimum Gasteiger partial charge on any atom is -0.292 e. The number of nitro benzene ring substituents is 1. The number of imide groups is 1. The molecule has 1 aliphatic heterocycles. The van der Waals surface area contributed by atoms with E-state index in [1.807, 2.05) is 6.92 Å².